The summed E-state index contributed by atoms with van der Waals surface area (Å²) in [5.74, 6) is 1.34. The highest BCUT2D eigenvalue weighted by molar-refractivity contribution is 8.23. The molecule has 0 saturated carbocycles. The SMILES string of the molecule is COc1cc(C)c(C(=S)Sc2ccc3ccccc3c2)c(C)c1C(C)C. The van der Waals surface area contributed by atoms with Gasteiger partial charge in [0.05, 0.1) is 11.3 Å². The van der Waals surface area contributed by atoms with Crippen molar-refractivity contribution < 1.29 is 4.74 Å². The lowest BCUT2D eigenvalue weighted by Crippen LogP contribution is -2.06. The summed E-state index contributed by atoms with van der Waals surface area (Å²) in [4.78, 5) is 1.18. The first-order valence-corrected chi connectivity index (χ1v) is 10.0. The van der Waals surface area contributed by atoms with E-state index in [1.165, 1.54) is 37.9 Å². The second kappa shape index (κ2) is 7.81. The van der Waals surface area contributed by atoms with Crippen molar-refractivity contribution in [1.29, 1.82) is 0 Å². The molecular weight excluding hydrogens is 356 g/mol. The van der Waals surface area contributed by atoms with Gasteiger partial charge in [-0.3, -0.25) is 0 Å². The quantitative estimate of drug-likeness (QED) is 0.354. The van der Waals surface area contributed by atoms with Gasteiger partial charge in [-0.15, -0.1) is 0 Å². The molecular formula is C23H24OS2. The van der Waals surface area contributed by atoms with Crippen LogP contribution in [0, 0.1) is 13.8 Å². The molecule has 3 heteroatoms. The molecule has 0 aliphatic heterocycles. The van der Waals surface area contributed by atoms with E-state index in [2.05, 4.69) is 76.2 Å². The first-order chi connectivity index (χ1) is 12.4. The molecule has 0 aliphatic rings. The predicted molar refractivity (Wildman–Crippen MR) is 118 cm³/mol. The molecule has 0 bridgehead atoms. The van der Waals surface area contributed by atoms with Gasteiger partial charge in [-0.2, -0.15) is 0 Å². The zero-order valence-corrected chi connectivity index (χ0v) is 17.6. The number of thiocarbonyl (C=S) groups is 1. The Balaban J connectivity index is 2.00. The van der Waals surface area contributed by atoms with Crippen molar-refractivity contribution in [3.05, 3.63) is 70.8 Å². The number of aryl methyl sites for hydroxylation is 1. The van der Waals surface area contributed by atoms with Crippen molar-refractivity contribution >= 4 is 38.9 Å². The lowest BCUT2D eigenvalue weighted by molar-refractivity contribution is 0.406. The van der Waals surface area contributed by atoms with Gasteiger partial charge in [-0.1, -0.05) is 68.2 Å². The smallest absolute Gasteiger partial charge is 0.122 e. The highest BCUT2D eigenvalue weighted by Gasteiger charge is 2.19. The fraction of sp³-hybridized carbons (Fsp3) is 0.261. The number of thioether (sulfide) groups is 1. The monoisotopic (exact) mass is 380 g/mol. The Morgan fingerprint density at radius 2 is 1.69 bits per heavy atom. The third-order valence-electron chi connectivity index (χ3n) is 4.72. The second-order valence-corrected chi connectivity index (χ2v) is 8.61. The van der Waals surface area contributed by atoms with E-state index in [1.807, 2.05) is 0 Å². The van der Waals surface area contributed by atoms with E-state index in [0.29, 0.717) is 5.92 Å². The Hall–Kier alpha value is -1.84. The number of fused-ring (bicyclic) bond motifs is 1. The van der Waals surface area contributed by atoms with Crippen LogP contribution in [0.15, 0.2) is 53.4 Å². The standard InChI is InChI=1S/C23H24OS2/c1-14(2)21-16(4)22(15(3)12-20(21)24-5)23(25)26-19-11-10-17-8-6-7-9-18(17)13-19/h6-14H,1-5H3. The third-order valence-corrected chi connectivity index (χ3v) is 6.05. The molecule has 0 atom stereocenters. The maximum Gasteiger partial charge on any atom is 0.122 e. The maximum atomic E-state index is 5.85. The summed E-state index contributed by atoms with van der Waals surface area (Å²) < 4.78 is 6.54. The van der Waals surface area contributed by atoms with Crippen molar-refractivity contribution in [2.75, 3.05) is 7.11 Å². The molecule has 0 unspecified atom stereocenters. The van der Waals surface area contributed by atoms with Crippen LogP contribution < -0.4 is 4.74 Å². The summed E-state index contributed by atoms with van der Waals surface area (Å²) in [6.45, 7) is 8.67. The Morgan fingerprint density at radius 1 is 1.00 bits per heavy atom. The summed E-state index contributed by atoms with van der Waals surface area (Å²) in [6, 6.07) is 17.1. The molecule has 0 heterocycles. The van der Waals surface area contributed by atoms with Gasteiger partial charge in [-0.25, -0.2) is 0 Å². The van der Waals surface area contributed by atoms with Gasteiger partial charge in [0.2, 0.25) is 0 Å². The van der Waals surface area contributed by atoms with E-state index in [0.717, 1.165) is 9.95 Å². The molecule has 0 amide bonds. The normalized spacial score (nSPS) is 11.2. The molecule has 0 aromatic heterocycles. The summed E-state index contributed by atoms with van der Waals surface area (Å²) in [6.07, 6.45) is 0. The van der Waals surface area contributed by atoms with Crippen LogP contribution in [0.4, 0.5) is 0 Å². The number of hydrogen-bond donors (Lipinski definition) is 0. The third kappa shape index (κ3) is 3.65. The van der Waals surface area contributed by atoms with Crippen molar-refractivity contribution in [2.24, 2.45) is 0 Å². The van der Waals surface area contributed by atoms with Gasteiger partial charge in [0.15, 0.2) is 0 Å². The number of hydrogen-bond acceptors (Lipinski definition) is 3. The molecule has 3 rings (SSSR count). The molecule has 0 aliphatic carbocycles. The van der Waals surface area contributed by atoms with Crippen LogP contribution in [0.3, 0.4) is 0 Å². The van der Waals surface area contributed by atoms with Crippen LogP contribution in [-0.4, -0.2) is 11.3 Å². The van der Waals surface area contributed by atoms with Crippen LogP contribution in [-0.2, 0) is 0 Å². The van der Waals surface area contributed by atoms with Crippen LogP contribution in [0.5, 0.6) is 5.75 Å². The van der Waals surface area contributed by atoms with Crippen LogP contribution in [0.25, 0.3) is 10.8 Å². The van der Waals surface area contributed by atoms with Crippen molar-refractivity contribution in [3.8, 4) is 5.75 Å². The van der Waals surface area contributed by atoms with Crippen LogP contribution >= 0.6 is 24.0 Å². The van der Waals surface area contributed by atoms with Gasteiger partial charge in [0.25, 0.3) is 0 Å². The largest absolute Gasteiger partial charge is 0.496 e. The molecule has 1 nitrogen and oxygen atoms in total. The Bertz CT molecular complexity index is 973. The predicted octanol–water partition coefficient (Wildman–Crippen LogP) is 7.06. The molecule has 0 radical (unpaired) electrons. The van der Waals surface area contributed by atoms with Crippen molar-refractivity contribution in [3.63, 3.8) is 0 Å². The topological polar surface area (TPSA) is 9.23 Å². The molecule has 3 aromatic carbocycles. The molecule has 0 N–H and O–H groups in total. The van der Waals surface area contributed by atoms with Gasteiger partial charge >= 0.3 is 0 Å². The number of ether oxygens (including phenoxy) is 1. The number of benzene rings is 3. The van der Waals surface area contributed by atoms with E-state index in [4.69, 9.17) is 17.0 Å². The zero-order valence-electron chi connectivity index (χ0n) is 15.9. The highest BCUT2D eigenvalue weighted by Crippen LogP contribution is 2.37. The number of methoxy groups -OCH3 is 1. The average Bonchev–Trinajstić information content (AvgIpc) is 2.60. The summed E-state index contributed by atoms with van der Waals surface area (Å²) in [5, 5.41) is 2.49. The molecule has 0 spiro atoms. The maximum absolute atomic E-state index is 5.85. The van der Waals surface area contributed by atoms with E-state index in [9.17, 15) is 0 Å². The highest BCUT2D eigenvalue weighted by atomic mass is 32.2. The van der Waals surface area contributed by atoms with Crippen LogP contribution in [0.1, 0.15) is 42.0 Å². The van der Waals surface area contributed by atoms with E-state index >= 15 is 0 Å². The van der Waals surface area contributed by atoms with Gasteiger partial charge in [-0.05, 0) is 59.9 Å². The van der Waals surface area contributed by atoms with Crippen LogP contribution in [0.2, 0.25) is 0 Å². The van der Waals surface area contributed by atoms with Gasteiger partial charge in [0, 0.05) is 16.0 Å². The lowest BCUT2D eigenvalue weighted by atomic mass is 9.91. The molecule has 134 valence electrons. The van der Waals surface area contributed by atoms with E-state index in [-0.39, 0.29) is 0 Å². The van der Waals surface area contributed by atoms with E-state index in [1.54, 1.807) is 18.9 Å². The summed E-state index contributed by atoms with van der Waals surface area (Å²) >= 11 is 7.51. The summed E-state index contributed by atoms with van der Waals surface area (Å²) in [5.41, 5.74) is 4.81. The fourth-order valence-electron chi connectivity index (χ4n) is 3.55. The summed E-state index contributed by atoms with van der Waals surface area (Å²) in [7, 11) is 1.74. The molecule has 0 saturated heterocycles. The molecule has 0 fully saturated rings. The lowest BCUT2D eigenvalue weighted by Gasteiger charge is -2.21. The first kappa shape index (κ1) is 18.9. The Morgan fingerprint density at radius 3 is 2.35 bits per heavy atom. The van der Waals surface area contributed by atoms with E-state index < -0.39 is 0 Å². The van der Waals surface area contributed by atoms with Gasteiger partial charge < -0.3 is 4.74 Å². The molecule has 26 heavy (non-hydrogen) atoms. The van der Waals surface area contributed by atoms with Gasteiger partial charge in [0.1, 0.15) is 5.75 Å². The minimum atomic E-state index is 0.387. The number of rotatable bonds is 4. The fourth-order valence-corrected chi connectivity index (χ4v) is 5.11. The first-order valence-electron chi connectivity index (χ1n) is 8.81. The second-order valence-electron chi connectivity index (χ2n) is 6.86. The Kier molecular flexibility index (Phi) is 5.69. The van der Waals surface area contributed by atoms with Crippen molar-refractivity contribution in [2.45, 2.75) is 38.5 Å². The average molecular weight is 381 g/mol. The zero-order chi connectivity index (χ0) is 18.8. The molecule has 3 aromatic rings. The minimum absolute atomic E-state index is 0.387. The Labute approximate surface area is 165 Å². The minimum Gasteiger partial charge on any atom is -0.496 e. The van der Waals surface area contributed by atoms with Crippen molar-refractivity contribution in [1.82, 2.24) is 0 Å².